The van der Waals surface area contributed by atoms with Gasteiger partial charge < -0.3 is 20.1 Å². The fraction of sp³-hybridized carbons (Fsp3) is 0.394. The SMILES string of the molecule is C.C.C.CC.CC.CC.CC.CC.CC.CC1CC(=O)C1.CC1CC(c2c(-c3ccccc3)[nH]c3ccccc23)C1.OC1CC(c2c(-c3ccccc3)[nH]c3ccccc23)C1.c1ccc(-c2cc3ccccc3[nH]2)cc1. The molecule has 0 amide bonds. The molecule has 4 N–H and O–H groups in total. The number of carbonyl (C=O) groups excluding carboxylic acids is 1. The van der Waals surface area contributed by atoms with E-state index in [4.69, 9.17) is 0 Å². The summed E-state index contributed by atoms with van der Waals surface area (Å²) >= 11 is 0. The van der Waals surface area contributed by atoms with Crippen LogP contribution in [-0.4, -0.2) is 31.9 Å². The van der Waals surface area contributed by atoms with Gasteiger partial charge in [0.05, 0.1) is 6.10 Å². The molecule has 3 heterocycles. The molecule has 9 aromatic rings. The molecule has 0 atom stereocenters. The molecule has 0 aliphatic heterocycles. The lowest BCUT2D eigenvalue weighted by molar-refractivity contribution is -0.126. The van der Waals surface area contributed by atoms with Crippen LogP contribution in [-0.2, 0) is 4.79 Å². The lowest BCUT2D eigenvalue weighted by Gasteiger charge is -2.33. The summed E-state index contributed by atoms with van der Waals surface area (Å²) in [5.41, 5.74) is 14.0. The Hall–Kier alpha value is -6.43. The summed E-state index contributed by atoms with van der Waals surface area (Å²) in [5.74, 6) is 3.19. The van der Waals surface area contributed by atoms with Crippen LogP contribution in [0.1, 0.15) is 181 Å². The van der Waals surface area contributed by atoms with Crippen molar-refractivity contribution in [2.75, 3.05) is 0 Å². The van der Waals surface area contributed by atoms with E-state index in [1.54, 1.807) is 0 Å². The molecule has 3 fully saturated rings. The Kier molecular flexibility index (Phi) is 34.9. The van der Waals surface area contributed by atoms with Gasteiger partial charge in [-0.1, -0.05) is 265 Å². The van der Waals surface area contributed by atoms with Crippen LogP contribution in [0.15, 0.2) is 170 Å². The predicted molar refractivity (Wildman–Crippen MR) is 342 cm³/mol. The molecule has 12 rings (SSSR count). The molecule has 3 saturated carbocycles. The highest BCUT2D eigenvalue weighted by atomic mass is 16.3. The first-order valence-corrected chi connectivity index (χ1v) is 28.0. The summed E-state index contributed by atoms with van der Waals surface area (Å²) in [6.45, 7) is 28.5. The number of hydrogen-bond donors (Lipinski definition) is 4. The second kappa shape index (κ2) is 38.2. The molecule has 0 saturated heterocycles. The number of fused-ring (bicyclic) bond motifs is 3. The zero-order valence-corrected chi connectivity index (χ0v) is 47.2. The number of aliphatic hydroxyl groups excluding tert-OH is 1. The number of aliphatic hydroxyl groups is 1. The van der Waals surface area contributed by atoms with Crippen LogP contribution in [0.3, 0.4) is 0 Å². The molecule has 3 aliphatic rings. The van der Waals surface area contributed by atoms with Gasteiger partial charge >= 0.3 is 0 Å². The number of aromatic amines is 3. The van der Waals surface area contributed by atoms with Gasteiger partial charge in [0, 0.05) is 62.6 Å². The molecule has 76 heavy (non-hydrogen) atoms. The molecule has 6 aromatic carbocycles. The number of para-hydroxylation sites is 3. The quantitative estimate of drug-likeness (QED) is 0.138. The fourth-order valence-corrected chi connectivity index (χ4v) is 9.37. The summed E-state index contributed by atoms with van der Waals surface area (Å²) in [6.07, 6.45) is 5.93. The van der Waals surface area contributed by atoms with Crippen molar-refractivity contribution in [3.63, 3.8) is 0 Å². The van der Waals surface area contributed by atoms with E-state index >= 15 is 0 Å². The summed E-state index contributed by atoms with van der Waals surface area (Å²) in [4.78, 5) is 20.7. The van der Waals surface area contributed by atoms with Gasteiger partial charge in [-0.2, -0.15) is 0 Å². The standard InChI is InChI=1S/C19H19N.C18H17NO.C14H11N.C5H8O.6C2H6.3CH4/c1-13-11-15(12-13)18-16-9-5-6-10-17(16)20-19(18)14-7-3-2-4-8-14;20-14-10-13(11-14)17-15-8-4-5-9-16(15)19-18(17)12-6-2-1-3-7-12;1-2-6-11(7-3-1)14-10-12-8-4-5-9-13(12)15-14;1-4-2-5(6)3-4;6*1-2;;;/h2-10,13,15,20H,11-12H2,1H3;1-9,13-14,19-20H,10-11H2;1-10,15H;4H,2-3H2,1H3;6*1-2H3;3*1H4. The van der Waals surface area contributed by atoms with Crippen LogP contribution in [0, 0.1) is 11.8 Å². The monoisotopic (exact) mass is 1030 g/mol. The van der Waals surface area contributed by atoms with Gasteiger partial charge in [0.25, 0.3) is 0 Å². The maximum Gasteiger partial charge on any atom is 0.133 e. The molecule has 414 valence electrons. The van der Waals surface area contributed by atoms with Crippen LogP contribution in [0.4, 0.5) is 0 Å². The zero-order chi connectivity index (χ0) is 53.7. The van der Waals surface area contributed by atoms with Crippen molar-refractivity contribution in [2.24, 2.45) is 11.8 Å². The number of H-pyrrole nitrogens is 3. The second-order valence-corrected chi connectivity index (χ2v) is 17.4. The lowest BCUT2D eigenvalue weighted by Crippen LogP contribution is -2.26. The van der Waals surface area contributed by atoms with Crippen molar-refractivity contribution in [1.82, 2.24) is 15.0 Å². The van der Waals surface area contributed by atoms with Gasteiger partial charge in [-0.05, 0) is 101 Å². The minimum Gasteiger partial charge on any atom is -0.393 e. The van der Waals surface area contributed by atoms with Gasteiger partial charge in [-0.15, -0.1) is 0 Å². The third-order valence-corrected chi connectivity index (χ3v) is 12.7. The van der Waals surface area contributed by atoms with E-state index < -0.39 is 0 Å². The van der Waals surface area contributed by atoms with Gasteiger partial charge in [-0.25, -0.2) is 0 Å². The second-order valence-electron chi connectivity index (χ2n) is 17.4. The number of nitrogens with one attached hydrogen (secondary N) is 3. The van der Waals surface area contributed by atoms with Gasteiger partial charge in [0.15, 0.2) is 0 Å². The van der Waals surface area contributed by atoms with Gasteiger partial charge in [0.1, 0.15) is 5.78 Å². The van der Waals surface area contributed by atoms with Crippen LogP contribution >= 0.6 is 0 Å². The number of Topliss-reactive ketones (excluding diaryl/α,β-unsaturated/α-hetero) is 1. The third-order valence-electron chi connectivity index (χ3n) is 12.7. The fourth-order valence-electron chi connectivity index (χ4n) is 9.37. The van der Waals surface area contributed by atoms with E-state index in [1.807, 2.05) is 101 Å². The Morgan fingerprint density at radius 3 is 1.08 bits per heavy atom. The maximum atomic E-state index is 10.1. The molecule has 5 nitrogen and oxygen atoms in total. The number of benzene rings is 6. The summed E-state index contributed by atoms with van der Waals surface area (Å²) in [5, 5.41) is 13.6. The zero-order valence-electron chi connectivity index (χ0n) is 47.2. The predicted octanol–water partition coefficient (Wildman–Crippen LogP) is 22.3. The molecule has 5 heteroatoms. The van der Waals surface area contributed by atoms with Crippen molar-refractivity contribution < 1.29 is 9.90 Å². The Morgan fingerprint density at radius 1 is 0.395 bits per heavy atom. The number of rotatable bonds is 5. The van der Waals surface area contributed by atoms with E-state index in [-0.39, 0.29) is 28.4 Å². The van der Waals surface area contributed by atoms with E-state index in [9.17, 15) is 9.90 Å². The first kappa shape index (κ1) is 69.6. The number of ketones is 1. The Morgan fingerprint density at radius 2 is 0.737 bits per heavy atom. The van der Waals surface area contributed by atoms with Crippen LogP contribution < -0.4 is 0 Å². The molecule has 0 spiro atoms. The average Bonchev–Trinajstić information content (AvgIpc) is 4.18. The first-order chi connectivity index (χ1) is 35.9. The Bertz CT molecular complexity index is 2670. The minimum absolute atomic E-state index is 0. The lowest BCUT2D eigenvalue weighted by atomic mass is 9.71. The summed E-state index contributed by atoms with van der Waals surface area (Å²) < 4.78 is 0. The molecule has 3 aliphatic carbocycles. The summed E-state index contributed by atoms with van der Waals surface area (Å²) in [6, 6.07) is 59.3. The normalized spacial score (nSPS) is 16.0. The molecular formula is C71H103N3O2. The average molecular weight is 1030 g/mol. The van der Waals surface area contributed by atoms with E-state index in [0.717, 1.165) is 37.5 Å². The van der Waals surface area contributed by atoms with Gasteiger partial charge in [0.2, 0.25) is 0 Å². The van der Waals surface area contributed by atoms with Crippen LogP contribution in [0.25, 0.3) is 66.5 Å². The smallest absolute Gasteiger partial charge is 0.133 e. The molecule has 0 bridgehead atoms. The maximum absolute atomic E-state index is 10.1. The minimum atomic E-state index is -0.128. The number of carbonyl (C=O) groups is 1. The van der Waals surface area contributed by atoms with Crippen LogP contribution in [0.2, 0.25) is 0 Å². The molecule has 0 radical (unpaired) electrons. The van der Waals surface area contributed by atoms with E-state index in [2.05, 4.69) is 180 Å². The first-order valence-electron chi connectivity index (χ1n) is 28.0. The van der Waals surface area contributed by atoms with Crippen LogP contribution in [0.5, 0.6) is 0 Å². The number of aromatic nitrogens is 3. The van der Waals surface area contributed by atoms with E-state index in [0.29, 0.717) is 17.6 Å². The molecule has 0 unspecified atom stereocenters. The van der Waals surface area contributed by atoms with Crippen molar-refractivity contribution >= 4 is 38.5 Å². The molecular weight excluding hydrogens is 927 g/mol. The topological polar surface area (TPSA) is 84.7 Å². The number of hydrogen-bond acceptors (Lipinski definition) is 2. The Balaban J connectivity index is 0.000000950. The Labute approximate surface area is 463 Å². The van der Waals surface area contributed by atoms with Crippen molar-refractivity contribution in [3.05, 3.63) is 181 Å². The van der Waals surface area contributed by atoms with Gasteiger partial charge in [-0.3, -0.25) is 4.79 Å². The van der Waals surface area contributed by atoms with Crippen molar-refractivity contribution in [3.8, 4) is 33.8 Å². The third kappa shape index (κ3) is 18.7. The highest BCUT2D eigenvalue weighted by molar-refractivity contribution is 5.93. The summed E-state index contributed by atoms with van der Waals surface area (Å²) in [7, 11) is 0. The van der Waals surface area contributed by atoms with Crippen molar-refractivity contribution in [2.45, 2.75) is 176 Å². The molecule has 3 aromatic heterocycles. The highest BCUT2D eigenvalue weighted by Gasteiger charge is 2.33. The van der Waals surface area contributed by atoms with Crippen molar-refractivity contribution in [1.29, 1.82) is 0 Å². The highest BCUT2D eigenvalue weighted by Crippen LogP contribution is 2.48. The largest absolute Gasteiger partial charge is 0.393 e. The van der Waals surface area contributed by atoms with E-state index in [1.165, 1.54) is 90.4 Å².